The van der Waals surface area contributed by atoms with Crippen LogP contribution in [-0.2, 0) is 0 Å². The lowest BCUT2D eigenvalue weighted by atomic mass is 10.0. The normalized spacial score (nSPS) is 12.6. The van der Waals surface area contributed by atoms with Crippen molar-refractivity contribution in [3.63, 3.8) is 0 Å². The molecule has 1 saturated heterocycles. The molecule has 0 atom stereocenters. The summed E-state index contributed by atoms with van der Waals surface area (Å²) in [4.78, 5) is 2.48. The Labute approximate surface area is 128 Å². The van der Waals surface area contributed by atoms with Crippen molar-refractivity contribution in [2.24, 2.45) is 0 Å². The summed E-state index contributed by atoms with van der Waals surface area (Å²) in [6, 6.07) is 9.05. The van der Waals surface area contributed by atoms with E-state index in [0.29, 0.717) is 5.92 Å². The van der Waals surface area contributed by atoms with Gasteiger partial charge in [0.15, 0.2) is 0 Å². The second kappa shape index (κ2) is 14.4. The topological polar surface area (TPSA) is 3.24 Å². The molecule has 0 N–H and O–H groups in total. The molecule has 0 aromatic heterocycles. The lowest BCUT2D eigenvalue weighted by Crippen LogP contribution is -2.17. The average molecular weight is 280 g/mol. The number of rotatable bonds is 2. The van der Waals surface area contributed by atoms with Gasteiger partial charge in [0.2, 0.25) is 0 Å². The molecule has 0 bridgehead atoms. The van der Waals surface area contributed by atoms with Crippen LogP contribution in [0, 0.1) is 0 Å². The third-order valence-corrected chi connectivity index (χ3v) is 3.03. The van der Waals surface area contributed by atoms with Crippen molar-refractivity contribution in [2.75, 3.05) is 18.0 Å². The Hall–Kier alpha value is -0.980. The van der Waals surface area contributed by atoms with Crippen molar-refractivity contribution in [3.8, 4) is 0 Å². The molecule has 1 aliphatic heterocycles. The van der Waals surface area contributed by atoms with Crippen LogP contribution in [0.1, 0.15) is 79.7 Å². The fraction of sp³-hybridized carbons (Fsp3) is 0.684. The van der Waals surface area contributed by atoms with E-state index < -0.39 is 0 Å². The minimum absolute atomic E-state index is 0.641. The van der Waals surface area contributed by atoms with Crippen LogP contribution in [0.3, 0.4) is 0 Å². The highest BCUT2D eigenvalue weighted by Gasteiger charge is 2.11. The molecule has 2 rings (SSSR count). The van der Waals surface area contributed by atoms with Crippen LogP contribution in [-0.4, -0.2) is 13.1 Å². The summed E-state index contributed by atoms with van der Waals surface area (Å²) in [6.07, 6.45) is 2.71. The van der Waals surface area contributed by atoms with Crippen LogP contribution in [0.5, 0.6) is 0 Å². The fourth-order valence-corrected chi connectivity index (χ4v) is 2.05. The molecule has 1 fully saturated rings. The first-order valence-corrected chi connectivity index (χ1v) is 8.62. The molecule has 1 heteroatoms. The predicted octanol–water partition coefficient (Wildman–Crippen LogP) is 6.49. The molecule has 0 radical (unpaired) electrons. The van der Waals surface area contributed by atoms with Gasteiger partial charge in [-0.15, -0.1) is 0 Å². The molecule has 20 heavy (non-hydrogen) atoms. The van der Waals surface area contributed by atoms with Crippen molar-refractivity contribution in [1.29, 1.82) is 0 Å². The minimum Gasteiger partial charge on any atom is -0.372 e. The number of benzene rings is 1. The first kappa shape index (κ1) is 21.3. The summed E-state index contributed by atoms with van der Waals surface area (Å²) in [7, 11) is 0. The van der Waals surface area contributed by atoms with Gasteiger partial charge in [-0.1, -0.05) is 67.5 Å². The summed E-state index contributed by atoms with van der Waals surface area (Å²) < 4.78 is 0. The smallest absolute Gasteiger partial charge is 0.0366 e. The quantitative estimate of drug-likeness (QED) is 0.598. The molecule has 0 aliphatic carbocycles. The number of hydrogen-bond acceptors (Lipinski definition) is 1. The monoisotopic (exact) mass is 279 g/mol. The van der Waals surface area contributed by atoms with E-state index >= 15 is 0 Å². The third-order valence-electron chi connectivity index (χ3n) is 3.03. The van der Waals surface area contributed by atoms with Crippen LogP contribution in [0.15, 0.2) is 24.3 Å². The van der Waals surface area contributed by atoms with E-state index in [1.54, 1.807) is 0 Å². The van der Waals surface area contributed by atoms with E-state index in [1.807, 2.05) is 41.5 Å². The number of nitrogens with zero attached hydrogens (tertiary/aromatic N) is 1. The molecule has 0 unspecified atom stereocenters. The van der Waals surface area contributed by atoms with E-state index in [0.717, 1.165) is 0 Å². The van der Waals surface area contributed by atoms with Crippen LogP contribution < -0.4 is 4.90 Å². The maximum atomic E-state index is 2.48. The third kappa shape index (κ3) is 7.57. The first-order valence-electron chi connectivity index (χ1n) is 8.62. The molecule has 0 amide bonds. The lowest BCUT2D eigenvalue weighted by molar-refractivity contribution is 0.865. The molecule has 1 nitrogen and oxygen atoms in total. The minimum atomic E-state index is 0.641. The highest BCUT2D eigenvalue weighted by Crippen LogP contribution is 2.22. The maximum absolute atomic E-state index is 2.48. The van der Waals surface area contributed by atoms with Crippen LogP contribution >= 0.6 is 0 Å². The average Bonchev–Trinajstić information content (AvgIpc) is 3.08. The summed E-state index contributed by atoms with van der Waals surface area (Å²) in [5, 5.41) is 0. The molecule has 118 valence electrons. The largest absolute Gasteiger partial charge is 0.372 e. The van der Waals surface area contributed by atoms with Gasteiger partial charge in [-0.3, -0.25) is 0 Å². The number of hydrogen-bond donors (Lipinski definition) is 0. The Morgan fingerprint density at radius 3 is 1.50 bits per heavy atom. The predicted molar refractivity (Wildman–Crippen MR) is 96.0 cm³/mol. The molecule has 0 saturated carbocycles. The van der Waals surface area contributed by atoms with Crippen molar-refractivity contribution in [2.45, 2.75) is 74.1 Å². The van der Waals surface area contributed by atoms with Crippen LogP contribution in [0.4, 0.5) is 5.69 Å². The molecule has 1 aromatic carbocycles. The van der Waals surface area contributed by atoms with Gasteiger partial charge in [0.1, 0.15) is 0 Å². The van der Waals surface area contributed by atoms with Crippen molar-refractivity contribution >= 4 is 5.69 Å². The SMILES string of the molecule is CC.CC.CC.CC(C)c1ccc(N2CCCC2)cc1. The Balaban J connectivity index is 0. The molecular formula is C19H37N. The molecule has 1 heterocycles. The Morgan fingerprint density at radius 2 is 1.15 bits per heavy atom. The Bertz CT molecular complexity index is 281. The van der Waals surface area contributed by atoms with Gasteiger partial charge in [0.25, 0.3) is 0 Å². The lowest BCUT2D eigenvalue weighted by Gasteiger charge is -2.18. The summed E-state index contributed by atoms with van der Waals surface area (Å²) in [6.45, 7) is 19.0. The zero-order valence-electron chi connectivity index (χ0n) is 15.2. The van der Waals surface area contributed by atoms with Crippen molar-refractivity contribution in [3.05, 3.63) is 29.8 Å². The second-order valence-electron chi connectivity index (χ2n) is 4.44. The van der Waals surface area contributed by atoms with Gasteiger partial charge < -0.3 is 4.90 Å². The van der Waals surface area contributed by atoms with Crippen LogP contribution in [0.25, 0.3) is 0 Å². The summed E-state index contributed by atoms with van der Waals surface area (Å²) >= 11 is 0. The van der Waals surface area contributed by atoms with E-state index in [-0.39, 0.29) is 0 Å². The van der Waals surface area contributed by atoms with Gasteiger partial charge in [0, 0.05) is 18.8 Å². The highest BCUT2D eigenvalue weighted by atomic mass is 15.1. The van der Waals surface area contributed by atoms with Gasteiger partial charge in [-0.05, 0) is 36.5 Å². The number of anilines is 1. The van der Waals surface area contributed by atoms with Crippen molar-refractivity contribution in [1.82, 2.24) is 0 Å². The van der Waals surface area contributed by atoms with E-state index in [2.05, 4.69) is 43.0 Å². The second-order valence-corrected chi connectivity index (χ2v) is 4.44. The first-order chi connectivity index (χ1) is 9.77. The highest BCUT2D eigenvalue weighted by molar-refractivity contribution is 5.48. The zero-order chi connectivity index (χ0) is 16.0. The van der Waals surface area contributed by atoms with E-state index in [4.69, 9.17) is 0 Å². The summed E-state index contributed by atoms with van der Waals surface area (Å²) in [5.41, 5.74) is 2.83. The van der Waals surface area contributed by atoms with Gasteiger partial charge in [-0.25, -0.2) is 0 Å². The van der Waals surface area contributed by atoms with Gasteiger partial charge in [-0.2, -0.15) is 0 Å². The molecule has 0 spiro atoms. The molecular weight excluding hydrogens is 242 g/mol. The van der Waals surface area contributed by atoms with Gasteiger partial charge >= 0.3 is 0 Å². The maximum Gasteiger partial charge on any atom is 0.0366 e. The zero-order valence-corrected chi connectivity index (χ0v) is 15.2. The molecule has 1 aromatic rings. The standard InChI is InChI=1S/C13H19N.3C2H6/c1-11(2)12-5-7-13(8-6-12)14-9-3-4-10-14;3*1-2/h5-8,11H,3-4,9-10H2,1-2H3;3*1-2H3. The molecule has 1 aliphatic rings. The Kier molecular flexibility index (Phi) is 15.4. The van der Waals surface area contributed by atoms with Crippen LogP contribution in [0.2, 0.25) is 0 Å². The summed E-state index contributed by atoms with van der Waals surface area (Å²) in [5.74, 6) is 0.641. The van der Waals surface area contributed by atoms with E-state index in [9.17, 15) is 0 Å². The fourth-order valence-electron chi connectivity index (χ4n) is 2.05. The van der Waals surface area contributed by atoms with E-state index in [1.165, 1.54) is 37.2 Å². The Morgan fingerprint density at radius 1 is 0.750 bits per heavy atom. The van der Waals surface area contributed by atoms with Gasteiger partial charge in [0.05, 0.1) is 0 Å². The van der Waals surface area contributed by atoms with Crippen molar-refractivity contribution < 1.29 is 0 Å².